The van der Waals surface area contributed by atoms with Gasteiger partial charge in [-0.25, -0.2) is 4.98 Å². The molecule has 132 valence electrons. The molecule has 0 unspecified atom stereocenters. The Bertz CT molecular complexity index is 942. The maximum absolute atomic E-state index is 12.8. The second-order valence-corrected chi connectivity index (χ2v) is 7.16. The zero-order valence-corrected chi connectivity index (χ0v) is 15.8. The van der Waals surface area contributed by atoms with Crippen LogP contribution in [0.15, 0.2) is 29.1 Å². The van der Waals surface area contributed by atoms with Gasteiger partial charge in [-0.15, -0.1) is 11.3 Å². The lowest BCUT2D eigenvalue weighted by molar-refractivity contribution is 0.299. The average Bonchev–Trinajstić information content (AvgIpc) is 2.88. The van der Waals surface area contributed by atoms with Gasteiger partial charge in [0, 0.05) is 11.4 Å². The molecule has 0 aliphatic rings. The highest BCUT2D eigenvalue weighted by Crippen LogP contribution is 2.26. The fourth-order valence-electron chi connectivity index (χ4n) is 2.78. The predicted molar refractivity (Wildman–Crippen MR) is 101 cm³/mol. The Balaban J connectivity index is 1.68. The summed E-state index contributed by atoms with van der Waals surface area (Å²) in [7, 11) is 1.64. The molecule has 1 aromatic carbocycles. The van der Waals surface area contributed by atoms with Crippen molar-refractivity contribution in [3.63, 3.8) is 0 Å². The van der Waals surface area contributed by atoms with Crippen LogP contribution >= 0.6 is 11.3 Å². The fourth-order valence-corrected chi connectivity index (χ4v) is 3.84. The number of ether oxygens (including phenoxy) is 2. The van der Waals surface area contributed by atoms with Crippen molar-refractivity contribution in [1.82, 2.24) is 9.55 Å². The lowest BCUT2D eigenvalue weighted by Crippen LogP contribution is -2.24. The van der Waals surface area contributed by atoms with E-state index in [1.165, 1.54) is 0 Å². The summed E-state index contributed by atoms with van der Waals surface area (Å²) in [4.78, 5) is 19.4. The van der Waals surface area contributed by atoms with E-state index in [1.54, 1.807) is 23.0 Å². The zero-order valence-electron chi connectivity index (χ0n) is 15.0. The standard InChI is InChI=1S/C19H22N2O3S/c1-12-13(2)25-18-17(12)19(22)21(14(3)20-18)10-5-11-24-16-8-6-15(23-4)7-9-16/h6-9H,5,10-11H2,1-4H3. The molecule has 0 aliphatic heterocycles. The first kappa shape index (κ1) is 17.5. The van der Waals surface area contributed by atoms with Gasteiger partial charge in [-0.1, -0.05) is 0 Å². The molecule has 0 saturated heterocycles. The number of thiophene rings is 1. The van der Waals surface area contributed by atoms with Crippen LogP contribution in [0.2, 0.25) is 0 Å². The minimum Gasteiger partial charge on any atom is -0.497 e. The molecular weight excluding hydrogens is 336 g/mol. The quantitative estimate of drug-likeness (QED) is 0.628. The molecule has 0 radical (unpaired) electrons. The molecule has 0 spiro atoms. The van der Waals surface area contributed by atoms with Gasteiger partial charge in [0.1, 0.15) is 22.2 Å². The van der Waals surface area contributed by atoms with E-state index in [2.05, 4.69) is 4.98 Å². The third-order valence-corrected chi connectivity index (χ3v) is 5.44. The van der Waals surface area contributed by atoms with Crippen LogP contribution in [0, 0.1) is 20.8 Å². The van der Waals surface area contributed by atoms with Gasteiger partial charge in [-0.05, 0) is 57.0 Å². The Kier molecular flexibility index (Phi) is 5.08. The van der Waals surface area contributed by atoms with E-state index in [9.17, 15) is 4.79 Å². The van der Waals surface area contributed by atoms with Crippen LogP contribution in [0.3, 0.4) is 0 Å². The van der Waals surface area contributed by atoms with Gasteiger partial charge in [0.05, 0.1) is 19.1 Å². The van der Waals surface area contributed by atoms with Crippen LogP contribution in [-0.2, 0) is 6.54 Å². The SMILES string of the molecule is COc1ccc(OCCCn2c(C)nc3sc(C)c(C)c3c2=O)cc1. The van der Waals surface area contributed by atoms with E-state index in [0.717, 1.165) is 44.4 Å². The zero-order chi connectivity index (χ0) is 18.0. The molecule has 0 aliphatic carbocycles. The number of aromatic nitrogens is 2. The van der Waals surface area contributed by atoms with Crippen molar-refractivity contribution < 1.29 is 9.47 Å². The van der Waals surface area contributed by atoms with Gasteiger partial charge in [-0.2, -0.15) is 0 Å². The first-order valence-corrected chi connectivity index (χ1v) is 9.07. The molecule has 0 atom stereocenters. The number of hydrogen-bond acceptors (Lipinski definition) is 5. The van der Waals surface area contributed by atoms with Gasteiger partial charge in [0.25, 0.3) is 5.56 Å². The summed E-state index contributed by atoms with van der Waals surface area (Å²) in [5, 5.41) is 0.754. The maximum atomic E-state index is 12.8. The molecule has 2 heterocycles. The Morgan fingerprint density at radius 1 is 1.12 bits per heavy atom. The summed E-state index contributed by atoms with van der Waals surface area (Å²) in [5.41, 5.74) is 1.09. The Morgan fingerprint density at radius 3 is 2.48 bits per heavy atom. The van der Waals surface area contributed by atoms with E-state index in [4.69, 9.17) is 9.47 Å². The van der Waals surface area contributed by atoms with Crippen molar-refractivity contribution in [2.75, 3.05) is 13.7 Å². The third kappa shape index (κ3) is 3.54. The summed E-state index contributed by atoms with van der Waals surface area (Å²) in [6, 6.07) is 7.48. The Labute approximate surface area is 150 Å². The summed E-state index contributed by atoms with van der Waals surface area (Å²) in [5.74, 6) is 2.35. The Hall–Kier alpha value is -2.34. The van der Waals surface area contributed by atoms with Crippen molar-refractivity contribution >= 4 is 21.6 Å². The summed E-state index contributed by atoms with van der Waals surface area (Å²) >= 11 is 1.59. The van der Waals surface area contributed by atoms with Crippen LogP contribution in [0.5, 0.6) is 11.5 Å². The van der Waals surface area contributed by atoms with Crippen molar-refractivity contribution in [3.8, 4) is 11.5 Å². The lowest BCUT2D eigenvalue weighted by Gasteiger charge is -2.11. The van der Waals surface area contributed by atoms with E-state index < -0.39 is 0 Å². The highest BCUT2D eigenvalue weighted by atomic mass is 32.1. The first-order chi connectivity index (χ1) is 12.0. The number of nitrogens with zero attached hydrogens (tertiary/aromatic N) is 2. The molecule has 0 fully saturated rings. The molecule has 3 rings (SSSR count). The van der Waals surface area contributed by atoms with Gasteiger partial charge >= 0.3 is 0 Å². The second kappa shape index (κ2) is 7.27. The summed E-state index contributed by atoms with van der Waals surface area (Å²) < 4.78 is 12.6. The highest BCUT2D eigenvalue weighted by Gasteiger charge is 2.14. The maximum Gasteiger partial charge on any atom is 0.262 e. The van der Waals surface area contributed by atoms with Crippen molar-refractivity contribution in [2.45, 2.75) is 33.7 Å². The highest BCUT2D eigenvalue weighted by molar-refractivity contribution is 7.18. The average molecular weight is 358 g/mol. The fraction of sp³-hybridized carbons (Fsp3) is 0.368. The van der Waals surface area contributed by atoms with Gasteiger partial charge < -0.3 is 9.47 Å². The molecule has 0 saturated carbocycles. The smallest absolute Gasteiger partial charge is 0.262 e. The topological polar surface area (TPSA) is 53.4 Å². The number of aryl methyl sites for hydroxylation is 3. The van der Waals surface area contributed by atoms with Gasteiger partial charge in [-0.3, -0.25) is 9.36 Å². The minimum atomic E-state index is 0.0498. The summed E-state index contributed by atoms with van der Waals surface area (Å²) in [6.45, 7) is 7.04. The number of methoxy groups -OCH3 is 1. The Morgan fingerprint density at radius 2 is 1.80 bits per heavy atom. The van der Waals surface area contributed by atoms with Crippen molar-refractivity contribution in [1.29, 1.82) is 0 Å². The van der Waals surface area contributed by atoms with E-state index >= 15 is 0 Å². The molecule has 0 N–H and O–H groups in total. The normalized spacial score (nSPS) is 11.0. The predicted octanol–water partition coefficient (Wildman–Crippen LogP) is 3.86. The lowest BCUT2D eigenvalue weighted by atomic mass is 10.2. The van der Waals surface area contributed by atoms with E-state index in [-0.39, 0.29) is 5.56 Å². The van der Waals surface area contributed by atoms with Crippen LogP contribution in [-0.4, -0.2) is 23.3 Å². The molecule has 5 nitrogen and oxygen atoms in total. The van der Waals surface area contributed by atoms with Crippen molar-refractivity contribution in [2.24, 2.45) is 0 Å². The first-order valence-electron chi connectivity index (χ1n) is 8.25. The van der Waals surface area contributed by atoms with Crippen LogP contribution in [0.25, 0.3) is 10.2 Å². The number of benzene rings is 1. The molecule has 6 heteroatoms. The monoisotopic (exact) mass is 358 g/mol. The molecular formula is C19H22N2O3S. The third-order valence-electron chi connectivity index (χ3n) is 4.33. The van der Waals surface area contributed by atoms with Crippen LogP contribution in [0.4, 0.5) is 0 Å². The molecule has 0 amide bonds. The molecule has 25 heavy (non-hydrogen) atoms. The second-order valence-electron chi connectivity index (χ2n) is 5.96. The molecule has 3 aromatic rings. The van der Waals surface area contributed by atoms with Gasteiger partial charge in [0.15, 0.2) is 0 Å². The van der Waals surface area contributed by atoms with E-state index in [1.807, 2.05) is 45.0 Å². The summed E-state index contributed by atoms with van der Waals surface area (Å²) in [6.07, 6.45) is 0.738. The minimum absolute atomic E-state index is 0.0498. The number of fused-ring (bicyclic) bond motifs is 1. The molecule has 2 aromatic heterocycles. The van der Waals surface area contributed by atoms with Crippen LogP contribution < -0.4 is 15.0 Å². The van der Waals surface area contributed by atoms with Crippen molar-refractivity contribution in [3.05, 3.63) is 50.9 Å². The van der Waals surface area contributed by atoms with Crippen LogP contribution in [0.1, 0.15) is 22.7 Å². The van der Waals surface area contributed by atoms with E-state index in [0.29, 0.717) is 13.2 Å². The van der Waals surface area contributed by atoms with Gasteiger partial charge in [0.2, 0.25) is 0 Å². The largest absolute Gasteiger partial charge is 0.497 e. The molecule has 0 bridgehead atoms. The number of hydrogen-bond donors (Lipinski definition) is 0. The number of rotatable bonds is 6.